The summed E-state index contributed by atoms with van der Waals surface area (Å²) in [6.45, 7) is 0. The van der Waals surface area contributed by atoms with E-state index in [4.69, 9.17) is 4.11 Å². The third-order valence-electron chi connectivity index (χ3n) is 0.694. The lowest BCUT2D eigenvalue weighted by molar-refractivity contribution is 0.140. The largest absolute Gasteiger partial charge is 0.297 e. The molecule has 1 rings (SSSR count). The van der Waals surface area contributed by atoms with Crippen molar-refractivity contribution < 1.29 is 12.9 Å². The molecule has 0 fully saturated rings. The molecule has 0 aliphatic carbocycles. The Bertz CT molecular complexity index is 318. The van der Waals surface area contributed by atoms with E-state index in [1.54, 1.807) is 0 Å². The Balaban J connectivity index is 3.29. The Morgan fingerprint density at radius 3 is 3.00 bits per heavy atom. The van der Waals surface area contributed by atoms with E-state index in [1.165, 1.54) is 0 Å². The molecule has 1 aromatic heterocycles. The van der Waals surface area contributed by atoms with Crippen molar-refractivity contribution in [2.24, 2.45) is 0 Å². The van der Waals surface area contributed by atoms with Crippen LogP contribution in [0.15, 0.2) is 16.8 Å². The maximum absolute atomic E-state index is 12.3. The van der Waals surface area contributed by atoms with Gasteiger partial charge in [0.05, 0.1) is 2.74 Å². The summed E-state index contributed by atoms with van der Waals surface area (Å²) < 4.78 is 44.8. The maximum Gasteiger partial charge on any atom is 0.297 e. The standard InChI is InChI=1S/C5H3BrF2N2/c6-3-1-2-9-5(10-3)4(7)8/h1-2,4H/i1D,2D,4D. The van der Waals surface area contributed by atoms with E-state index in [-0.39, 0.29) is 10.6 Å². The molecule has 0 radical (unpaired) electrons. The predicted molar refractivity (Wildman–Crippen MR) is 34.7 cm³/mol. The molecule has 0 bridgehead atoms. The van der Waals surface area contributed by atoms with Gasteiger partial charge in [-0.25, -0.2) is 18.7 Å². The van der Waals surface area contributed by atoms with Crippen molar-refractivity contribution in [2.45, 2.75) is 6.40 Å². The minimum atomic E-state index is -3.94. The highest BCUT2D eigenvalue weighted by atomic mass is 79.9. The summed E-state index contributed by atoms with van der Waals surface area (Å²) in [5.74, 6) is -1.08. The number of nitrogens with zero attached hydrogens (tertiary/aromatic N) is 2. The minimum Gasteiger partial charge on any atom is -0.236 e. The highest BCUT2D eigenvalue weighted by Crippen LogP contribution is 2.14. The van der Waals surface area contributed by atoms with Gasteiger partial charge in [-0.05, 0) is 22.0 Å². The van der Waals surface area contributed by atoms with Crippen LogP contribution in [0.1, 0.15) is 16.3 Å². The second-order valence-corrected chi connectivity index (χ2v) is 2.09. The van der Waals surface area contributed by atoms with Gasteiger partial charge in [0, 0.05) is 6.17 Å². The predicted octanol–water partition coefficient (Wildman–Crippen LogP) is 2.18. The first-order valence-electron chi connectivity index (χ1n) is 3.71. The molecule has 0 aliphatic rings. The average Bonchev–Trinajstić information content (AvgIpc) is 1.97. The molecule has 0 saturated heterocycles. The number of hydrogen-bond acceptors (Lipinski definition) is 2. The lowest BCUT2D eigenvalue weighted by atomic mass is 10.6. The third kappa shape index (κ3) is 1.70. The third-order valence-corrected chi connectivity index (χ3v) is 1.07. The topological polar surface area (TPSA) is 25.8 Å². The highest BCUT2D eigenvalue weighted by molar-refractivity contribution is 9.10. The van der Waals surface area contributed by atoms with Crippen LogP contribution < -0.4 is 0 Å². The fourth-order valence-electron chi connectivity index (χ4n) is 0.357. The van der Waals surface area contributed by atoms with Crippen LogP contribution in [0.5, 0.6) is 0 Å². The van der Waals surface area contributed by atoms with Crippen LogP contribution in [-0.2, 0) is 0 Å². The number of alkyl halides is 2. The number of aromatic nitrogens is 2. The Morgan fingerprint density at radius 1 is 1.80 bits per heavy atom. The van der Waals surface area contributed by atoms with Gasteiger partial charge < -0.3 is 0 Å². The number of hydrogen-bond donors (Lipinski definition) is 0. The molecular formula is C5H3BrF2N2. The van der Waals surface area contributed by atoms with Crippen molar-refractivity contribution >= 4 is 15.9 Å². The molecule has 2 nitrogen and oxygen atoms in total. The molecule has 1 aromatic rings. The molecule has 0 aliphatic heterocycles. The average molecular weight is 212 g/mol. The molecule has 0 spiro atoms. The molecule has 5 heteroatoms. The van der Waals surface area contributed by atoms with Gasteiger partial charge in [0.15, 0.2) is 5.82 Å². The molecule has 0 aromatic carbocycles. The van der Waals surface area contributed by atoms with E-state index in [0.717, 1.165) is 0 Å². The molecular weight excluding hydrogens is 206 g/mol. The van der Waals surface area contributed by atoms with Crippen LogP contribution in [-0.4, -0.2) is 9.97 Å². The molecule has 54 valence electrons. The van der Waals surface area contributed by atoms with Crippen molar-refractivity contribution in [3.8, 4) is 0 Å². The zero-order valence-corrected chi connectivity index (χ0v) is 6.11. The lowest BCUT2D eigenvalue weighted by Crippen LogP contribution is -1.93. The molecule has 10 heavy (non-hydrogen) atoms. The van der Waals surface area contributed by atoms with Crippen molar-refractivity contribution in [1.29, 1.82) is 0 Å². The molecule has 0 atom stereocenters. The van der Waals surface area contributed by atoms with Gasteiger partial charge >= 0.3 is 0 Å². The summed E-state index contributed by atoms with van der Waals surface area (Å²) in [5, 5.41) is 0. The van der Waals surface area contributed by atoms with E-state index in [9.17, 15) is 8.78 Å². The first kappa shape index (κ1) is 4.33. The van der Waals surface area contributed by atoms with Crippen molar-refractivity contribution in [1.82, 2.24) is 9.97 Å². The van der Waals surface area contributed by atoms with Gasteiger partial charge in [-0.15, -0.1) is 0 Å². The fourth-order valence-corrected chi connectivity index (χ4v) is 0.614. The second kappa shape index (κ2) is 3.01. The Morgan fingerprint density at radius 2 is 2.50 bits per heavy atom. The summed E-state index contributed by atoms with van der Waals surface area (Å²) in [7, 11) is 0. The van der Waals surface area contributed by atoms with Gasteiger partial charge in [-0.1, -0.05) is 0 Å². The zero-order chi connectivity index (χ0) is 10.2. The van der Waals surface area contributed by atoms with Gasteiger partial charge in [0.2, 0.25) is 0 Å². The molecule has 1 heterocycles. The van der Waals surface area contributed by atoms with Crippen molar-refractivity contribution in [3.05, 3.63) is 22.6 Å². The molecule has 0 saturated carbocycles. The van der Waals surface area contributed by atoms with E-state index in [2.05, 4.69) is 25.9 Å². The van der Waals surface area contributed by atoms with Gasteiger partial charge in [-0.3, -0.25) is 0 Å². The van der Waals surface area contributed by atoms with E-state index >= 15 is 0 Å². The Kier molecular flexibility index (Phi) is 1.30. The van der Waals surface area contributed by atoms with Crippen LogP contribution in [0.25, 0.3) is 0 Å². The highest BCUT2D eigenvalue weighted by Gasteiger charge is 2.09. The first-order chi connectivity index (χ1) is 5.82. The van der Waals surface area contributed by atoms with Crippen molar-refractivity contribution in [2.75, 3.05) is 0 Å². The summed E-state index contributed by atoms with van der Waals surface area (Å²) in [6, 6.07) is -0.381. The Hall–Kier alpha value is -0.580. The molecule has 0 unspecified atom stereocenters. The van der Waals surface area contributed by atoms with Crippen LogP contribution in [0.2, 0.25) is 0 Å². The second-order valence-electron chi connectivity index (χ2n) is 1.34. The first-order valence-corrected chi connectivity index (χ1v) is 3.00. The van der Waals surface area contributed by atoms with E-state index in [0.29, 0.717) is 0 Å². The smallest absolute Gasteiger partial charge is 0.236 e. The summed E-state index contributed by atoms with van der Waals surface area (Å²) in [6.07, 6.45) is -4.57. The van der Waals surface area contributed by atoms with Gasteiger partial charge in [-0.2, -0.15) is 0 Å². The van der Waals surface area contributed by atoms with Gasteiger partial charge in [0.25, 0.3) is 6.40 Å². The zero-order valence-electron chi connectivity index (χ0n) is 7.53. The fraction of sp³-hybridized carbons (Fsp3) is 0.200. The minimum absolute atomic E-state index is 0.213. The van der Waals surface area contributed by atoms with E-state index in [1.807, 2.05) is 0 Å². The maximum atomic E-state index is 12.3. The summed E-state index contributed by atoms with van der Waals surface area (Å²) in [4.78, 5) is 6.17. The number of halogens is 3. The van der Waals surface area contributed by atoms with Crippen LogP contribution in [0.3, 0.4) is 0 Å². The molecule has 0 amide bonds. The summed E-state index contributed by atoms with van der Waals surface area (Å²) in [5.41, 5.74) is 0. The van der Waals surface area contributed by atoms with Crippen LogP contribution in [0.4, 0.5) is 8.78 Å². The Labute approximate surface area is 68.6 Å². The SMILES string of the molecule is [2H]c1nc(C([2H])(F)F)nc(Br)c1[2H]. The van der Waals surface area contributed by atoms with Crippen LogP contribution >= 0.6 is 15.9 Å². The van der Waals surface area contributed by atoms with Crippen LogP contribution in [0, 0.1) is 0 Å². The quantitative estimate of drug-likeness (QED) is 0.666. The van der Waals surface area contributed by atoms with Crippen molar-refractivity contribution in [3.63, 3.8) is 0 Å². The normalized spacial score (nSPS) is 15.7. The lowest BCUT2D eigenvalue weighted by Gasteiger charge is -1.95. The van der Waals surface area contributed by atoms with E-state index < -0.39 is 18.4 Å². The molecule has 0 N–H and O–H groups in total. The summed E-state index contributed by atoms with van der Waals surface area (Å²) >= 11 is 2.71. The number of rotatable bonds is 1. The van der Waals surface area contributed by atoms with Gasteiger partial charge in [0.1, 0.15) is 5.97 Å². The monoisotopic (exact) mass is 211 g/mol.